The Morgan fingerprint density at radius 2 is 1.96 bits per heavy atom. The van der Waals surface area contributed by atoms with Crippen molar-refractivity contribution in [3.8, 4) is 5.75 Å². The highest BCUT2D eigenvalue weighted by atomic mass is 35.5. The zero-order valence-corrected chi connectivity index (χ0v) is 15.0. The molecular weight excluding hydrogens is 332 g/mol. The van der Waals surface area contributed by atoms with Gasteiger partial charge in [0.2, 0.25) is 0 Å². The Kier molecular flexibility index (Phi) is 6.45. The topological polar surface area (TPSA) is 69.1 Å². The molecule has 1 atom stereocenters. The van der Waals surface area contributed by atoms with Crippen molar-refractivity contribution in [2.45, 2.75) is 25.8 Å². The smallest absolute Gasteiger partial charge is 0.309 e. The normalized spacial score (nSPS) is 21.7. The number of hydrogen-bond donors (Lipinski definition) is 2. The minimum Gasteiger partial charge on any atom is -0.495 e. The number of likely N-dealkylation sites (tertiary alicyclic amines) is 1. The van der Waals surface area contributed by atoms with Crippen LogP contribution in [0.15, 0.2) is 18.2 Å². The van der Waals surface area contributed by atoms with E-state index in [1.54, 1.807) is 25.3 Å². The minimum absolute atomic E-state index is 0.0537. The molecule has 0 radical (unpaired) electrons. The van der Waals surface area contributed by atoms with Gasteiger partial charge >= 0.3 is 5.97 Å². The van der Waals surface area contributed by atoms with E-state index < -0.39 is 0 Å². The molecule has 6 nitrogen and oxygen atoms in total. The molecular formula is C17H24ClN2O4+. The molecule has 1 saturated heterocycles. The van der Waals surface area contributed by atoms with Crippen LogP contribution in [0.3, 0.4) is 0 Å². The van der Waals surface area contributed by atoms with Crippen LogP contribution in [-0.2, 0) is 14.3 Å². The minimum atomic E-state index is -0.229. The second-order valence-electron chi connectivity index (χ2n) is 6.01. The molecule has 1 aromatic carbocycles. The van der Waals surface area contributed by atoms with Gasteiger partial charge in [-0.2, -0.15) is 0 Å². The molecule has 1 aromatic rings. The molecule has 1 heterocycles. The summed E-state index contributed by atoms with van der Waals surface area (Å²) in [6.07, 6.45) is 1.47. The van der Waals surface area contributed by atoms with Crippen LogP contribution in [0, 0.1) is 5.92 Å². The fourth-order valence-electron chi connectivity index (χ4n) is 3.03. The highest BCUT2D eigenvalue weighted by Gasteiger charge is 2.33. The third-order valence-corrected chi connectivity index (χ3v) is 4.82. The predicted octanol–water partition coefficient (Wildman–Crippen LogP) is 1.14. The Hall–Kier alpha value is -1.79. The van der Waals surface area contributed by atoms with Gasteiger partial charge in [-0.15, -0.1) is 0 Å². The summed E-state index contributed by atoms with van der Waals surface area (Å²) in [5, 5.41) is 3.42. The van der Waals surface area contributed by atoms with E-state index in [9.17, 15) is 9.59 Å². The van der Waals surface area contributed by atoms with E-state index >= 15 is 0 Å². The van der Waals surface area contributed by atoms with Gasteiger partial charge in [0.1, 0.15) is 5.75 Å². The molecule has 7 heteroatoms. The number of halogens is 1. The molecule has 2 N–H and O–H groups in total. The number of benzene rings is 1. The second-order valence-corrected chi connectivity index (χ2v) is 6.45. The van der Waals surface area contributed by atoms with Crippen LogP contribution in [0.2, 0.25) is 5.02 Å². The number of nitrogens with one attached hydrogen (secondary N) is 2. The first kappa shape index (κ1) is 18.5. The zero-order valence-electron chi connectivity index (χ0n) is 14.2. The zero-order chi connectivity index (χ0) is 17.7. The van der Waals surface area contributed by atoms with Crippen LogP contribution >= 0.6 is 11.6 Å². The van der Waals surface area contributed by atoms with Crippen molar-refractivity contribution >= 4 is 29.2 Å². The van der Waals surface area contributed by atoms with Crippen molar-refractivity contribution < 1.29 is 24.0 Å². The van der Waals surface area contributed by atoms with Gasteiger partial charge in [-0.3, -0.25) is 9.59 Å². The first-order valence-corrected chi connectivity index (χ1v) is 8.40. The van der Waals surface area contributed by atoms with Crippen molar-refractivity contribution in [3.63, 3.8) is 0 Å². The van der Waals surface area contributed by atoms with Crippen LogP contribution < -0.4 is 15.0 Å². The van der Waals surface area contributed by atoms with E-state index in [0.29, 0.717) is 16.5 Å². The Morgan fingerprint density at radius 1 is 1.29 bits per heavy atom. The van der Waals surface area contributed by atoms with Crippen molar-refractivity contribution in [2.75, 3.05) is 32.6 Å². The Balaban J connectivity index is 1.96. The monoisotopic (exact) mass is 355 g/mol. The van der Waals surface area contributed by atoms with Crippen molar-refractivity contribution in [3.05, 3.63) is 23.2 Å². The molecule has 0 unspecified atom stereocenters. The fourth-order valence-corrected chi connectivity index (χ4v) is 3.20. The summed E-state index contributed by atoms with van der Waals surface area (Å²) in [5.74, 6) is 0.262. The molecule has 2 rings (SSSR count). The quantitative estimate of drug-likeness (QED) is 0.777. The van der Waals surface area contributed by atoms with Gasteiger partial charge in [-0.25, -0.2) is 0 Å². The molecule has 132 valence electrons. The van der Waals surface area contributed by atoms with E-state index in [4.69, 9.17) is 21.1 Å². The fraction of sp³-hybridized carbons (Fsp3) is 0.529. The maximum Gasteiger partial charge on any atom is 0.309 e. The summed E-state index contributed by atoms with van der Waals surface area (Å²) in [7, 11) is 2.96. The molecule has 24 heavy (non-hydrogen) atoms. The summed E-state index contributed by atoms with van der Waals surface area (Å²) in [6.45, 7) is 3.42. The number of ether oxygens (including phenoxy) is 2. The van der Waals surface area contributed by atoms with Gasteiger partial charge in [-0.1, -0.05) is 11.6 Å². The second kappa shape index (κ2) is 8.35. The molecule has 0 spiro atoms. The lowest BCUT2D eigenvalue weighted by molar-refractivity contribution is -0.919. The van der Waals surface area contributed by atoms with Gasteiger partial charge in [-0.05, 0) is 25.1 Å². The number of quaternary nitrogens is 1. The van der Waals surface area contributed by atoms with Crippen molar-refractivity contribution in [1.29, 1.82) is 0 Å². The van der Waals surface area contributed by atoms with E-state index in [2.05, 4.69) is 5.32 Å². The number of methoxy groups -OCH3 is 2. The lowest BCUT2D eigenvalue weighted by Crippen LogP contribution is -3.17. The van der Waals surface area contributed by atoms with E-state index in [1.807, 2.05) is 6.92 Å². The Morgan fingerprint density at radius 3 is 2.54 bits per heavy atom. The SMILES string of the molecule is COC(=O)C1CC[NH+]([C@@H](C)C(=O)Nc2cc(Cl)ccc2OC)CC1. The van der Waals surface area contributed by atoms with Gasteiger partial charge in [0.05, 0.1) is 38.9 Å². The number of carbonyl (C=O) groups excluding carboxylic acids is 2. The largest absolute Gasteiger partial charge is 0.495 e. The van der Waals surface area contributed by atoms with E-state index in [1.165, 1.54) is 7.11 Å². The third-order valence-electron chi connectivity index (χ3n) is 4.59. The first-order valence-electron chi connectivity index (χ1n) is 8.03. The number of amides is 1. The Bertz CT molecular complexity index is 600. The van der Waals surface area contributed by atoms with Gasteiger partial charge in [0, 0.05) is 17.9 Å². The number of rotatable bonds is 5. The van der Waals surface area contributed by atoms with Crippen LogP contribution in [0.1, 0.15) is 19.8 Å². The highest BCUT2D eigenvalue weighted by molar-refractivity contribution is 6.31. The molecule has 0 aromatic heterocycles. The Labute approximate surface area is 147 Å². The lowest BCUT2D eigenvalue weighted by Gasteiger charge is -2.31. The summed E-state index contributed by atoms with van der Waals surface area (Å²) >= 11 is 5.99. The maximum atomic E-state index is 12.5. The predicted molar refractivity (Wildman–Crippen MR) is 91.5 cm³/mol. The lowest BCUT2D eigenvalue weighted by atomic mass is 9.96. The first-order chi connectivity index (χ1) is 11.5. The summed E-state index contributed by atoms with van der Waals surface area (Å²) < 4.78 is 10.0. The third kappa shape index (κ3) is 4.39. The van der Waals surface area contributed by atoms with Gasteiger partial charge < -0.3 is 19.7 Å². The maximum absolute atomic E-state index is 12.5. The molecule has 1 aliphatic rings. The standard InChI is InChI=1S/C17H23ClN2O4/c1-11(20-8-6-12(7-9-20)17(22)24-3)16(21)19-14-10-13(18)4-5-15(14)23-2/h4-5,10-12H,6-9H2,1-3H3,(H,19,21)/p+1/t11-/m0/s1. The molecule has 0 saturated carbocycles. The number of piperidine rings is 1. The van der Waals surface area contributed by atoms with Crippen LogP contribution in [-0.4, -0.2) is 45.2 Å². The molecule has 1 fully saturated rings. The summed E-state index contributed by atoms with van der Waals surface area (Å²) in [5.41, 5.74) is 0.561. The van der Waals surface area contributed by atoms with Crippen molar-refractivity contribution in [1.82, 2.24) is 0 Å². The number of carbonyl (C=O) groups is 2. The van der Waals surface area contributed by atoms with Crippen LogP contribution in [0.5, 0.6) is 5.75 Å². The van der Waals surface area contributed by atoms with Crippen LogP contribution in [0.25, 0.3) is 0 Å². The molecule has 0 bridgehead atoms. The van der Waals surface area contributed by atoms with Gasteiger partial charge in [0.15, 0.2) is 6.04 Å². The van der Waals surface area contributed by atoms with Gasteiger partial charge in [0.25, 0.3) is 5.91 Å². The summed E-state index contributed by atoms with van der Waals surface area (Å²) in [6, 6.07) is 4.87. The molecule has 1 amide bonds. The highest BCUT2D eigenvalue weighted by Crippen LogP contribution is 2.27. The van der Waals surface area contributed by atoms with E-state index in [-0.39, 0.29) is 23.8 Å². The van der Waals surface area contributed by atoms with Crippen LogP contribution in [0.4, 0.5) is 5.69 Å². The summed E-state index contributed by atoms with van der Waals surface area (Å²) in [4.78, 5) is 25.3. The molecule has 0 aliphatic carbocycles. The number of anilines is 1. The molecule has 1 aliphatic heterocycles. The van der Waals surface area contributed by atoms with E-state index in [0.717, 1.165) is 30.8 Å². The number of esters is 1. The van der Waals surface area contributed by atoms with Crippen molar-refractivity contribution in [2.24, 2.45) is 5.92 Å². The average Bonchev–Trinajstić information content (AvgIpc) is 2.60. The number of hydrogen-bond acceptors (Lipinski definition) is 4. The average molecular weight is 356 g/mol.